The number of fused-ring (bicyclic) bond motifs is 1. The van der Waals surface area contributed by atoms with Crippen molar-refractivity contribution in [3.8, 4) is 0 Å². The molecule has 1 aromatic carbocycles. The molecule has 3 heterocycles. The van der Waals surface area contributed by atoms with Crippen LogP contribution >= 0.6 is 0 Å². The van der Waals surface area contributed by atoms with E-state index in [1.807, 2.05) is 52.8 Å². The van der Waals surface area contributed by atoms with Gasteiger partial charge < -0.3 is 24.4 Å². The maximum Gasteiger partial charge on any atom is 0.312 e. The third-order valence-electron chi connectivity index (χ3n) is 8.82. The summed E-state index contributed by atoms with van der Waals surface area (Å²) in [6.07, 6.45) is 4.80. The molecule has 1 N–H and O–H groups in total. The first-order valence-corrected chi connectivity index (χ1v) is 13.9. The molecule has 39 heavy (non-hydrogen) atoms. The average molecular weight is 539 g/mol. The molecule has 2 unspecified atom stereocenters. The second-order valence-electron chi connectivity index (χ2n) is 11.7. The lowest BCUT2D eigenvalue weighted by Gasteiger charge is -2.40. The number of ether oxygens (including phenoxy) is 2. The zero-order chi connectivity index (χ0) is 28.7. The number of hydrogen-bond donors (Lipinski definition) is 1. The van der Waals surface area contributed by atoms with Gasteiger partial charge in [-0.15, -0.1) is 13.2 Å². The molecule has 3 aliphatic rings. The Hall–Kier alpha value is -2.97. The number of carbonyl (C=O) groups excluding carboxylic acids is 3. The van der Waals surface area contributed by atoms with Crippen LogP contribution in [-0.2, 0) is 23.9 Å². The zero-order valence-electron chi connectivity index (χ0n) is 23.8. The van der Waals surface area contributed by atoms with Gasteiger partial charge in [-0.1, -0.05) is 38.1 Å². The van der Waals surface area contributed by atoms with Crippen LogP contribution in [0.1, 0.15) is 51.2 Å². The number of benzene rings is 1. The van der Waals surface area contributed by atoms with Crippen LogP contribution in [0.3, 0.4) is 0 Å². The number of esters is 1. The van der Waals surface area contributed by atoms with E-state index in [9.17, 15) is 19.5 Å². The summed E-state index contributed by atoms with van der Waals surface area (Å²) in [4.78, 5) is 45.7. The first-order chi connectivity index (χ1) is 18.5. The van der Waals surface area contributed by atoms with Crippen LogP contribution in [-0.4, -0.2) is 70.8 Å². The van der Waals surface area contributed by atoms with Gasteiger partial charge in [0.05, 0.1) is 30.8 Å². The van der Waals surface area contributed by atoms with Gasteiger partial charge in [0, 0.05) is 12.2 Å². The molecule has 8 heteroatoms. The number of carbonyl (C=O) groups is 3. The minimum atomic E-state index is -1.20. The lowest BCUT2D eigenvalue weighted by atomic mass is 9.66. The number of nitrogens with zero attached hydrogens (tertiary/aromatic N) is 2. The smallest absolute Gasteiger partial charge is 0.312 e. The van der Waals surface area contributed by atoms with Crippen molar-refractivity contribution in [3.63, 3.8) is 0 Å². The topological polar surface area (TPSA) is 96.4 Å². The highest BCUT2D eigenvalue weighted by molar-refractivity contribution is 6.05. The molecule has 2 amide bonds. The number of hydrogen-bond acceptors (Lipinski definition) is 6. The number of aliphatic hydroxyl groups excluding tert-OH is 1. The van der Waals surface area contributed by atoms with Crippen LogP contribution < -0.4 is 4.90 Å². The van der Waals surface area contributed by atoms with Gasteiger partial charge in [0.2, 0.25) is 5.91 Å². The fourth-order valence-electron chi connectivity index (χ4n) is 6.90. The zero-order valence-corrected chi connectivity index (χ0v) is 23.8. The molecule has 1 spiro atoms. The van der Waals surface area contributed by atoms with E-state index in [-0.39, 0.29) is 37.5 Å². The van der Waals surface area contributed by atoms with Gasteiger partial charge in [0.15, 0.2) is 0 Å². The van der Waals surface area contributed by atoms with Gasteiger partial charge in [0.25, 0.3) is 5.91 Å². The summed E-state index contributed by atoms with van der Waals surface area (Å²) < 4.78 is 12.3. The standard InChI is InChI=1S/C31H42N2O6/c1-8-10-16-38-29(37)25-24-27(35)33(23(18-34)19(3)4)26(31(24)14-13-30(25,7)39-31)28(36)32(15-9-2)22-17-20(5)11-12-21(22)6/h8-9,11-12,17,19,23-26,34H,1-2,10,13-16,18H2,3-7H3/t23-,24-,25+,26?,30-,31?/m0/s1. The van der Waals surface area contributed by atoms with E-state index in [1.54, 1.807) is 17.1 Å². The third kappa shape index (κ3) is 4.61. The summed E-state index contributed by atoms with van der Waals surface area (Å²) in [7, 11) is 0. The van der Waals surface area contributed by atoms with Crippen molar-refractivity contribution >= 4 is 23.5 Å². The van der Waals surface area contributed by atoms with E-state index >= 15 is 0 Å². The summed E-state index contributed by atoms with van der Waals surface area (Å²) in [5.74, 6) is -2.99. The van der Waals surface area contributed by atoms with Crippen LogP contribution in [0.25, 0.3) is 0 Å². The molecule has 3 fully saturated rings. The Labute approximate surface area is 231 Å². The fourth-order valence-corrected chi connectivity index (χ4v) is 6.90. The molecule has 0 saturated carbocycles. The quantitative estimate of drug-likeness (QED) is 0.262. The number of likely N-dealkylation sites (tertiary alicyclic amines) is 1. The molecule has 0 aliphatic carbocycles. The first-order valence-electron chi connectivity index (χ1n) is 13.9. The number of rotatable bonds is 11. The maximum absolute atomic E-state index is 14.7. The van der Waals surface area contributed by atoms with Crippen LogP contribution in [0, 0.1) is 31.6 Å². The van der Waals surface area contributed by atoms with Crippen molar-refractivity contribution in [2.45, 2.75) is 77.2 Å². The Bertz CT molecular complexity index is 1160. The highest BCUT2D eigenvalue weighted by Crippen LogP contribution is 2.64. The molecule has 1 aromatic rings. The number of aliphatic hydroxyl groups is 1. The van der Waals surface area contributed by atoms with E-state index in [1.165, 1.54) is 4.90 Å². The summed E-state index contributed by atoms with van der Waals surface area (Å²) in [5, 5.41) is 10.4. The molecular weight excluding hydrogens is 496 g/mol. The highest BCUT2D eigenvalue weighted by Gasteiger charge is 2.79. The molecule has 6 atom stereocenters. The monoisotopic (exact) mass is 538 g/mol. The van der Waals surface area contributed by atoms with Crippen molar-refractivity contribution in [2.75, 3.05) is 24.7 Å². The van der Waals surface area contributed by atoms with Crippen molar-refractivity contribution in [1.29, 1.82) is 0 Å². The minimum Gasteiger partial charge on any atom is -0.465 e. The summed E-state index contributed by atoms with van der Waals surface area (Å²) in [6.45, 7) is 17.2. The van der Waals surface area contributed by atoms with Crippen LogP contribution in [0.15, 0.2) is 43.5 Å². The largest absolute Gasteiger partial charge is 0.465 e. The fraction of sp³-hybridized carbons (Fsp3) is 0.581. The van der Waals surface area contributed by atoms with E-state index in [0.717, 1.165) is 16.8 Å². The maximum atomic E-state index is 14.7. The van der Waals surface area contributed by atoms with E-state index in [4.69, 9.17) is 9.47 Å². The molecular formula is C31H42N2O6. The van der Waals surface area contributed by atoms with E-state index in [2.05, 4.69) is 13.2 Å². The lowest BCUT2D eigenvalue weighted by Crippen LogP contribution is -2.60. The Morgan fingerprint density at radius 3 is 2.59 bits per heavy atom. The van der Waals surface area contributed by atoms with Crippen molar-refractivity contribution in [1.82, 2.24) is 4.90 Å². The Morgan fingerprint density at radius 2 is 1.97 bits per heavy atom. The van der Waals surface area contributed by atoms with Crippen molar-refractivity contribution in [3.05, 3.63) is 54.6 Å². The second kappa shape index (κ2) is 10.9. The van der Waals surface area contributed by atoms with Gasteiger partial charge in [-0.3, -0.25) is 14.4 Å². The molecule has 0 aromatic heterocycles. The van der Waals surface area contributed by atoms with Crippen molar-refractivity contribution < 1.29 is 29.0 Å². The van der Waals surface area contributed by atoms with Gasteiger partial charge in [-0.2, -0.15) is 0 Å². The summed E-state index contributed by atoms with van der Waals surface area (Å²) in [6, 6.07) is 4.27. The second-order valence-corrected chi connectivity index (χ2v) is 11.7. The van der Waals surface area contributed by atoms with E-state index in [0.29, 0.717) is 19.3 Å². The molecule has 8 nitrogen and oxygen atoms in total. The Balaban J connectivity index is 1.85. The van der Waals surface area contributed by atoms with Crippen LogP contribution in [0.5, 0.6) is 0 Å². The highest BCUT2D eigenvalue weighted by atomic mass is 16.6. The molecule has 2 bridgehead atoms. The van der Waals surface area contributed by atoms with Crippen molar-refractivity contribution in [2.24, 2.45) is 17.8 Å². The summed E-state index contributed by atoms with van der Waals surface area (Å²) in [5.41, 5.74) is 0.513. The number of anilines is 1. The minimum absolute atomic E-state index is 0.135. The summed E-state index contributed by atoms with van der Waals surface area (Å²) >= 11 is 0. The molecule has 3 aliphatic heterocycles. The first kappa shape index (κ1) is 29.0. The van der Waals surface area contributed by atoms with Gasteiger partial charge >= 0.3 is 5.97 Å². The molecule has 4 rings (SSSR count). The van der Waals surface area contributed by atoms with Gasteiger partial charge in [0.1, 0.15) is 17.6 Å². The van der Waals surface area contributed by atoms with Gasteiger partial charge in [-0.05, 0) is 63.1 Å². The molecule has 3 saturated heterocycles. The predicted octanol–water partition coefficient (Wildman–Crippen LogP) is 3.72. The average Bonchev–Trinajstić information content (AvgIpc) is 3.45. The molecule has 212 valence electrons. The third-order valence-corrected chi connectivity index (χ3v) is 8.82. The predicted molar refractivity (Wildman–Crippen MR) is 149 cm³/mol. The Morgan fingerprint density at radius 1 is 1.26 bits per heavy atom. The SMILES string of the molecule is C=CCCOC(=O)[C@H]1[C@H]2C(=O)N([C@@H](CO)C(C)C)C(C(=O)N(CC=C)c3cc(C)ccc3C)C23CC[C@]1(C)O3. The van der Waals surface area contributed by atoms with Gasteiger partial charge in [-0.25, -0.2) is 0 Å². The van der Waals surface area contributed by atoms with Crippen LogP contribution in [0.2, 0.25) is 0 Å². The van der Waals surface area contributed by atoms with E-state index < -0.39 is 41.1 Å². The van der Waals surface area contributed by atoms with Crippen LogP contribution in [0.4, 0.5) is 5.69 Å². The normalized spacial score (nSPS) is 29.9. The number of aryl methyl sites for hydroxylation is 2. The number of amides is 2. The molecule has 0 radical (unpaired) electrons. The lowest BCUT2D eigenvalue weighted by molar-refractivity contribution is -0.160. The Kier molecular flexibility index (Phi) is 8.11.